The Balaban J connectivity index is 1.85. The first-order valence-electron chi connectivity index (χ1n) is 9.48. The quantitative estimate of drug-likeness (QED) is 0.734. The summed E-state index contributed by atoms with van der Waals surface area (Å²) in [6, 6.07) is 3.65. The summed E-state index contributed by atoms with van der Waals surface area (Å²) in [6.45, 7) is 6.19. The zero-order valence-electron chi connectivity index (χ0n) is 15.8. The minimum atomic E-state index is -0.594. The Kier molecular flexibility index (Phi) is 7.09. The van der Waals surface area contributed by atoms with Crippen molar-refractivity contribution in [2.75, 3.05) is 6.54 Å². The van der Waals surface area contributed by atoms with Crippen LogP contribution in [-0.4, -0.2) is 29.0 Å². The minimum Gasteiger partial charge on any atom is -0.459 e. The largest absolute Gasteiger partial charge is 0.459 e. The molecule has 5 nitrogen and oxygen atoms in total. The number of H-pyrrole nitrogens is 1. The predicted molar refractivity (Wildman–Crippen MR) is 98.2 cm³/mol. The van der Waals surface area contributed by atoms with E-state index in [0.29, 0.717) is 6.54 Å². The molecule has 0 aromatic carbocycles. The van der Waals surface area contributed by atoms with Crippen molar-refractivity contribution in [3.05, 3.63) is 24.0 Å². The van der Waals surface area contributed by atoms with Crippen molar-refractivity contribution in [1.82, 2.24) is 10.3 Å². The van der Waals surface area contributed by atoms with Crippen molar-refractivity contribution >= 4 is 11.9 Å². The average Bonchev–Trinajstić information content (AvgIpc) is 3.06. The fourth-order valence-electron chi connectivity index (χ4n) is 3.40. The van der Waals surface area contributed by atoms with Crippen molar-refractivity contribution < 1.29 is 14.3 Å². The number of esters is 1. The molecule has 0 bridgehead atoms. The highest BCUT2D eigenvalue weighted by Gasteiger charge is 2.29. The highest BCUT2D eigenvalue weighted by molar-refractivity contribution is 5.86. The van der Waals surface area contributed by atoms with E-state index in [2.05, 4.69) is 10.3 Å². The summed E-state index contributed by atoms with van der Waals surface area (Å²) >= 11 is 0. The number of ether oxygens (including phenoxy) is 1. The van der Waals surface area contributed by atoms with Crippen LogP contribution in [0.2, 0.25) is 0 Å². The average molecular weight is 348 g/mol. The second kappa shape index (κ2) is 9.07. The van der Waals surface area contributed by atoms with Crippen LogP contribution in [0.4, 0.5) is 0 Å². The van der Waals surface area contributed by atoms with Crippen LogP contribution in [0.25, 0.3) is 0 Å². The molecule has 140 valence electrons. The summed E-state index contributed by atoms with van der Waals surface area (Å²) in [7, 11) is 0. The third kappa shape index (κ3) is 6.92. The van der Waals surface area contributed by atoms with E-state index < -0.39 is 11.5 Å². The van der Waals surface area contributed by atoms with Gasteiger partial charge in [-0.25, -0.2) is 0 Å². The van der Waals surface area contributed by atoms with Gasteiger partial charge in [-0.15, -0.1) is 0 Å². The normalized spacial score (nSPS) is 17.1. The van der Waals surface area contributed by atoms with Gasteiger partial charge in [0, 0.05) is 24.9 Å². The van der Waals surface area contributed by atoms with Crippen LogP contribution in [0.1, 0.15) is 77.3 Å². The van der Waals surface area contributed by atoms with E-state index >= 15 is 0 Å². The summed E-state index contributed by atoms with van der Waals surface area (Å²) < 4.78 is 5.49. The molecule has 5 heteroatoms. The third-order valence-corrected chi connectivity index (χ3v) is 4.68. The Morgan fingerprint density at radius 3 is 2.60 bits per heavy atom. The molecule has 1 fully saturated rings. The molecule has 1 amide bonds. The van der Waals surface area contributed by atoms with Crippen LogP contribution in [0.5, 0.6) is 0 Å². The molecule has 0 spiro atoms. The molecule has 1 aromatic rings. The van der Waals surface area contributed by atoms with Crippen molar-refractivity contribution in [2.45, 2.75) is 77.2 Å². The number of carbonyl (C=O) groups excluding carboxylic acids is 2. The Morgan fingerprint density at radius 2 is 2.00 bits per heavy atom. The Hall–Kier alpha value is -1.78. The third-order valence-electron chi connectivity index (χ3n) is 4.68. The van der Waals surface area contributed by atoms with Gasteiger partial charge in [-0.05, 0) is 45.2 Å². The van der Waals surface area contributed by atoms with Gasteiger partial charge in [-0.2, -0.15) is 0 Å². The van der Waals surface area contributed by atoms with Crippen molar-refractivity contribution in [3.63, 3.8) is 0 Å². The lowest BCUT2D eigenvalue weighted by Gasteiger charge is -2.24. The van der Waals surface area contributed by atoms with E-state index in [1.807, 2.05) is 32.9 Å². The van der Waals surface area contributed by atoms with E-state index in [9.17, 15) is 9.59 Å². The highest BCUT2D eigenvalue weighted by Crippen LogP contribution is 2.26. The topological polar surface area (TPSA) is 71.2 Å². The number of hydrogen-bond acceptors (Lipinski definition) is 3. The molecule has 0 radical (unpaired) electrons. The van der Waals surface area contributed by atoms with Crippen LogP contribution >= 0.6 is 0 Å². The fraction of sp³-hybridized carbons (Fsp3) is 0.700. The molecule has 2 N–H and O–H groups in total. The van der Waals surface area contributed by atoms with Gasteiger partial charge < -0.3 is 15.0 Å². The molecule has 0 saturated heterocycles. The molecule has 2 rings (SSSR count). The Morgan fingerprint density at radius 1 is 1.28 bits per heavy atom. The van der Waals surface area contributed by atoms with Gasteiger partial charge in [-0.1, -0.05) is 32.1 Å². The SMILES string of the molecule is CC(C)(C)OC(=O)C(CC(=O)NCCC1CCCCC1)c1ccc[nH]1. The Labute approximate surface area is 150 Å². The van der Waals surface area contributed by atoms with Crippen molar-refractivity contribution in [1.29, 1.82) is 0 Å². The molecule has 1 saturated carbocycles. The van der Waals surface area contributed by atoms with Gasteiger partial charge in [0.05, 0.1) is 0 Å². The molecule has 1 atom stereocenters. The minimum absolute atomic E-state index is 0.0960. The zero-order chi connectivity index (χ0) is 18.3. The summed E-state index contributed by atoms with van der Waals surface area (Å²) in [5, 5.41) is 2.98. The van der Waals surface area contributed by atoms with Crippen molar-refractivity contribution in [3.8, 4) is 0 Å². The maximum absolute atomic E-state index is 12.5. The lowest BCUT2D eigenvalue weighted by Crippen LogP contribution is -2.33. The van der Waals surface area contributed by atoms with Crippen LogP contribution in [0.15, 0.2) is 18.3 Å². The maximum Gasteiger partial charge on any atom is 0.315 e. The van der Waals surface area contributed by atoms with E-state index in [-0.39, 0.29) is 18.3 Å². The van der Waals surface area contributed by atoms with E-state index in [4.69, 9.17) is 4.74 Å². The number of aromatic nitrogens is 1. The summed E-state index contributed by atoms with van der Waals surface area (Å²) in [4.78, 5) is 27.9. The van der Waals surface area contributed by atoms with Gasteiger partial charge in [0.1, 0.15) is 11.5 Å². The van der Waals surface area contributed by atoms with Crippen LogP contribution in [0, 0.1) is 5.92 Å². The molecule has 1 aliphatic rings. The van der Waals surface area contributed by atoms with Crippen LogP contribution in [0.3, 0.4) is 0 Å². The smallest absolute Gasteiger partial charge is 0.315 e. The number of nitrogens with one attached hydrogen (secondary N) is 2. The first-order chi connectivity index (χ1) is 11.8. The predicted octanol–water partition coefficient (Wildman–Crippen LogP) is 3.92. The Bertz CT molecular complexity index is 540. The highest BCUT2D eigenvalue weighted by atomic mass is 16.6. The van der Waals surface area contributed by atoms with Gasteiger partial charge in [0.15, 0.2) is 0 Å². The lowest BCUT2D eigenvalue weighted by molar-refractivity contribution is -0.158. The molecule has 1 unspecified atom stereocenters. The second-order valence-electron chi connectivity index (χ2n) is 8.06. The molecule has 1 heterocycles. The van der Waals surface area contributed by atoms with E-state index in [1.54, 1.807) is 6.20 Å². The van der Waals surface area contributed by atoms with E-state index in [0.717, 1.165) is 18.0 Å². The summed E-state index contributed by atoms with van der Waals surface area (Å²) in [5.41, 5.74) is 0.149. The molecule has 1 aliphatic carbocycles. The summed E-state index contributed by atoms with van der Waals surface area (Å²) in [6.07, 6.45) is 9.42. The number of rotatable bonds is 7. The fourth-order valence-corrected chi connectivity index (χ4v) is 3.40. The van der Waals surface area contributed by atoms with Gasteiger partial charge >= 0.3 is 5.97 Å². The van der Waals surface area contributed by atoms with Gasteiger partial charge in [-0.3, -0.25) is 9.59 Å². The van der Waals surface area contributed by atoms with Crippen LogP contribution < -0.4 is 5.32 Å². The molecule has 25 heavy (non-hydrogen) atoms. The zero-order valence-corrected chi connectivity index (χ0v) is 15.8. The molecule has 1 aromatic heterocycles. The maximum atomic E-state index is 12.5. The van der Waals surface area contributed by atoms with Gasteiger partial charge in [0.2, 0.25) is 5.91 Å². The molecular formula is C20H32N2O3. The van der Waals surface area contributed by atoms with E-state index in [1.165, 1.54) is 32.1 Å². The second-order valence-corrected chi connectivity index (χ2v) is 8.06. The number of aromatic amines is 1. The lowest BCUT2D eigenvalue weighted by atomic mass is 9.87. The van der Waals surface area contributed by atoms with Crippen molar-refractivity contribution in [2.24, 2.45) is 5.92 Å². The number of amides is 1. The number of hydrogen-bond donors (Lipinski definition) is 2. The first kappa shape index (κ1) is 19.5. The number of carbonyl (C=O) groups is 2. The van der Waals surface area contributed by atoms with Gasteiger partial charge in [0.25, 0.3) is 0 Å². The molecule has 0 aliphatic heterocycles. The standard InChI is InChI=1S/C20H32N2O3/c1-20(2,3)25-19(24)16(17-10-7-12-21-17)14-18(23)22-13-11-15-8-5-4-6-9-15/h7,10,12,15-16,21H,4-6,8-9,11,13-14H2,1-3H3,(H,22,23). The van der Waals surface area contributed by atoms with Crippen LogP contribution in [-0.2, 0) is 14.3 Å². The first-order valence-corrected chi connectivity index (χ1v) is 9.48. The summed E-state index contributed by atoms with van der Waals surface area (Å²) in [5.74, 6) is -0.318. The molecular weight excluding hydrogens is 316 g/mol. The monoisotopic (exact) mass is 348 g/mol.